The summed E-state index contributed by atoms with van der Waals surface area (Å²) in [6.07, 6.45) is 7.84. The summed E-state index contributed by atoms with van der Waals surface area (Å²) in [6.45, 7) is 10.0. The first kappa shape index (κ1) is 12.5. The van der Waals surface area contributed by atoms with Gasteiger partial charge in [-0.3, -0.25) is 4.90 Å². The number of terminal acetylenes is 1. The molecule has 0 aliphatic carbocycles. The molecule has 0 saturated carbocycles. The van der Waals surface area contributed by atoms with Crippen molar-refractivity contribution in [2.75, 3.05) is 19.6 Å². The lowest BCUT2D eigenvalue weighted by Gasteiger charge is -2.39. The van der Waals surface area contributed by atoms with E-state index in [4.69, 9.17) is 6.42 Å². The molecule has 1 rings (SSSR count). The maximum absolute atomic E-state index is 5.55. The summed E-state index contributed by atoms with van der Waals surface area (Å²) in [5.41, 5.74) is 0. The summed E-state index contributed by atoms with van der Waals surface area (Å²) in [7, 11) is 0. The first-order valence-corrected chi connectivity index (χ1v) is 6.16. The molecule has 0 bridgehead atoms. The fraction of sp³-hybridized carbons (Fsp3) is 0.846. The van der Waals surface area contributed by atoms with Crippen LogP contribution in [0.2, 0.25) is 0 Å². The van der Waals surface area contributed by atoms with Gasteiger partial charge in [0, 0.05) is 19.1 Å². The minimum atomic E-state index is 0.343. The van der Waals surface area contributed by atoms with Gasteiger partial charge >= 0.3 is 0 Å². The van der Waals surface area contributed by atoms with Gasteiger partial charge in [-0.1, -0.05) is 26.7 Å². The van der Waals surface area contributed by atoms with E-state index in [1.54, 1.807) is 0 Å². The Morgan fingerprint density at radius 3 is 2.73 bits per heavy atom. The van der Waals surface area contributed by atoms with E-state index in [1.807, 2.05) is 0 Å². The van der Waals surface area contributed by atoms with Crippen LogP contribution >= 0.6 is 0 Å². The Morgan fingerprint density at radius 2 is 2.27 bits per heavy atom. The van der Waals surface area contributed by atoms with Gasteiger partial charge in [0.15, 0.2) is 0 Å². The minimum Gasteiger partial charge on any atom is -0.314 e. The molecule has 0 aromatic carbocycles. The Hall–Kier alpha value is -0.520. The molecular weight excluding hydrogens is 184 g/mol. The maximum Gasteiger partial charge on any atom is 0.0709 e. The topological polar surface area (TPSA) is 15.3 Å². The van der Waals surface area contributed by atoms with E-state index in [0.29, 0.717) is 18.0 Å². The molecule has 1 N–H and O–H groups in total. The number of likely N-dealkylation sites (tertiary alicyclic amines) is 1. The lowest BCUT2D eigenvalue weighted by molar-refractivity contribution is 0.125. The van der Waals surface area contributed by atoms with E-state index in [0.717, 1.165) is 26.1 Å². The molecule has 3 atom stereocenters. The van der Waals surface area contributed by atoms with Gasteiger partial charge in [0.25, 0.3) is 0 Å². The van der Waals surface area contributed by atoms with E-state index >= 15 is 0 Å². The zero-order chi connectivity index (χ0) is 11.3. The number of nitrogens with zero attached hydrogens (tertiary/aromatic N) is 1. The second-order valence-corrected chi connectivity index (χ2v) is 4.52. The molecule has 3 unspecified atom stereocenters. The second kappa shape index (κ2) is 6.15. The van der Waals surface area contributed by atoms with Crippen LogP contribution in [0.25, 0.3) is 0 Å². The Balaban J connectivity index is 2.47. The van der Waals surface area contributed by atoms with Gasteiger partial charge < -0.3 is 5.32 Å². The van der Waals surface area contributed by atoms with E-state index < -0.39 is 0 Å². The second-order valence-electron chi connectivity index (χ2n) is 4.52. The average Bonchev–Trinajstić information content (AvgIpc) is 2.24. The highest BCUT2D eigenvalue weighted by Gasteiger charge is 2.27. The van der Waals surface area contributed by atoms with Crippen molar-refractivity contribution in [1.82, 2.24) is 10.2 Å². The molecular formula is C13H24N2. The molecule has 0 radical (unpaired) electrons. The number of rotatable bonds is 4. The lowest BCUT2D eigenvalue weighted by atomic mass is 9.92. The molecule has 1 saturated heterocycles. The highest BCUT2D eigenvalue weighted by atomic mass is 15.2. The van der Waals surface area contributed by atoms with Gasteiger partial charge in [-0.05, 0) is 25.3 Å². The summed E-state index contributed by atoms with van der Waals surface area (Å²) in [5.74, 6) is 3.60. The van der Waals surface area contributed by atoms with Crippen LogP contribution in [0, 0.1) is 18.3 Å². The first-order chi connectivity index (χ1) is 7.22. The summed E-state index contributed by atoms with van der Waals surface area (Å²) in [4.78, 5) is 2.46. The largest absolute Gasteiger partial charge is 0.314 e. The molecule has 86 valence electrons. The quantitative estimate of drug-likeness (QED) is 0.708. The van der Waals surface area contributed by atoms with Crippen LogP contribution in [0.1, 0.15) is 33.6 Å². The smallest absolute Gasteiger partial charge is 0.0709 e. The van der Waals surface area contributed by atoms with Crippen molar-refractivity contribution in [3.05, 3.63) is 0 Å². The summed E-state index contributed by atoms with van der Waals surface area (Å²) >= 11 is 0. The molecule has 0 aromatic heterocycles. The van der Waals surface area contributed by atoms with Crippen LogP contribution in [0.5, 0.6) is 0 Å². The fourth-order valence-electron chi connectivity index (χ4n) is 2.51. The third-order valence-electron chi connectivity index (χ3n) is 3.42. The summed E-state index contributed by atoms with van der Waals surface area (Å²) < 4.78 is 0. The predicted octanol–water partition coefficient (Wildman–Crippen LogP) is 1.72. The first-order valence-electron chi connectivity index (χ1n) is 6.16. The third-order valence-corrected chi connectivity index (χ3v) is 3.42. The number of nitrogens with one attached hydrogen (secondary N) is 1. The van der Waals surface area contributed by atoms with Crippen molar-refractivity contribution in [1.29, 1.82) is 0 Å². The molecule has 0 spiro atoms. The summed E-state index contributed by atoms with van der Waals surface area (Å²) in [5, 5.41) is 3.55. The zero-order valence-corrected chi connectivity index (χ0v) is 10.3. The van der Waals surface area contributed by atoms with Crippen LogP contribution in [0.15, 0.2) is 0 Å². The summed E-state index contributed by atoms with van der Waals surface area (Å²) in [6, 6.07) is 1.02. The van der Waals surface area contributed by atoms with Crippen molar-refractivity contribution in [3.8, 4) is 12.3 Å². The SMILES string of the molecule is C#CC(CC)N1CCC(NCC)C(C)C1. The molecule has 0 amide bonds. The highest BCUT2D eigenvalue weighted by Crippen LogP contribution is 2.19. The molecule has 1 heterocycles. The van der Waals surface area contributed by atoms with E-state index in [1.165, 1.54) is 6.42 Å². The van der Waals surface area contributed by atoms with Crippen molar-refractivity contribution in [2.45, 2.75) is 45.7 Å². The Bertz CT molecular complexity index is 219. The van der Waals surface area contributed by atoms with E-state index in [9.17, 15) is 0 Å². The van der Waals surface area contributed by atoms with Crippen LogP contribution in [0.3, 0.4) is 0 Å². The van der Waals surface area contributed by atoms with Crippen molar-refractivity contribution < 1.29 is 0 Å². The van der Waals surface area contributed by atoms with Gasteiger partial charge in [-0.2, -0.15) is 0 Å². The molecule has 0 aromatic rings. The van der Waals surface area contributed by atoms with Crippen LogP contribution < -0.4 is 5.32 Å². The molecule has 2 nitrogen and oxygen atoms in total. The van der Waals surface area contributed by atoms with Crippen molar-refractivity contribution in [3.63, 3.8) is 0 Å². The monoisotopic (exact) mass is 208 g/mol. The van der Waals surface area contributed by atoms with Gasteiger partial charge in [0.05, 0.1) is 6.04 Å². The van der Waals surface area contributed by atoms with Crippen molar-refractivity contribution >= 4 is 0 Å². The fourth-order valence-corrected chi connectivity index (χ4v) is 2.51. The Kier molecular flexibility index (Phi) is 5.14. The number of piperidine rings is 1. The average molecular weight is 208 g/mol. The van der Waals surface area contributed by atoms with Gasteiger partial charge in [0.1, 0.15) is 0 Å². The number of hydrogen-bond acceptors (Lipinski definition) is 2. The molecule has 1 fully saturated rings. The van der Waals surface area contributed by atoms with Crippen LogP contribution in [-0.2, 0) is 0 Å². The zero-order valence-electron chi connectivity index (χ0n) is 10.3. The Morgan fingerprint density at radius 1 is 1.53 bits per heavy atom. The van der Waals surface area contributed by atoms with E-state index in [-0.39, 0.29) is 0 Å². The molecule has 1 aliphatic rings. The molecule has 15 heavy (non-hydrogen) atoms. The molecule has 1 aliphatic heterocycles. The van der Waals surface area contributed by atoms with Gasteiger partial charge in [0.2, 0.25) is 0 Å². The van der Waals surface area contributed by atoms with Crippen molar-refractivity contribution in [2.24, 2.45) is 5.92 Å². The Labute approximate surface area is 94.4 Å². The minimum absolute atomic E-state index is 0.343. The maximum atomic E-state index is 5.55. The molecule has 2 heteroatoms. The van der Waals surface area contributed by atoms with Gasteiger partial charge in [-0.15, -0.1) is 6.42 Å². The van der Waals surface area contributed by atoms with E-state index in [2.05, 4.69) is 36.9 Å². The normalized spacial score (nSPS) is 29.7. The lowest BCUT2D eigenvalue weighted by Crippen LogP contribution is -2.51. The van der Waals surface area contributed by atoms with Crippen LogP contribution in [0.4, 0.5) is 0 Å². The van der Waals surface area contributed by atoms with Gasteiger partial charge in [-0.25, -0.2) is 0 Å². The highest BCUT2D eigenvalue weighted by molar-refractivity contribution is 5.01. The third kappa shape index (κ3) is 3.22. The predicted molar refractivity (Wildman–Crippen MR) is 65.7 cm³/mol. The standard InChI is InChI=1S/C13H24N2/c1-5-12(6-2)15-9-8-13(14-7-3)11(4)10-15/h1,11-14H,6-10H2,2-4H3. The van der Waals surface area contributed by atoms with Crippen LogP contribution in [-0.4, -0.2) is 36.6 Å². The number of hydrogen-bond donors (Lipinski definition) is 1.